The minimum absolute atomic E-state index is 0.656. The van der Waals surface area contributed by atoms with Crippen molar-refractivity contribution in [1.29, 1.82) is 0 Å². The van der Waals surface area contributed by atoms with Gasteiger partial charge in [0.1, 0.15) is 0 Å². The third-order valence-corrected chi connectivity index (χ3v) is 4.03. The highest BCUT2D eigenvalue weighted by molar-refractivity contribution is 6.33. The number of nitrogen functional groups attached to an aromatic ring is 1. The summed E-state index contributed by atoms with van der Waals surface area (Å²) in [4.78, 5) is 2.35. The molecule has 1 aromatic carbocycles. The highest BCUT2D eigenvalue weighted by Crippen LogP contribution is 2.33. The van der Waals surface area contributed by atoms with Crippen molar-refractivity contribution in [2.75, 3.05) is 23.7 Å². The Bertz CT molecular complexity index is 378. The van der Waals surface area contributed by atoms with Gasteiger partial charge in [-0.05, 0) is 30.4 Å². The van der Waals surface area contributed by atoms with E-state index in [9.17, 15) is 0 Å². The zero-order chi connectivity index (χ0) is 11.7. The minimum Gasteiger partial charge on any atom is -0.396 e. The second-order valence-electron chi connectivity index (χ2n) is 4.86. The largest absolute Gasteiger partial charge is 0.396 e. The second-order valence-corrected chi connectivity index (χ2v) is 5.27. The van der Waals surface area contributed by atoms with E-state index in [1.807, 2.05) is 12.1 Å². The van der Waals surface area contributed by atoms with Crippen LogP contribution in [0.15, 0.2) is 18.2 Å². The zero-order valence-electron chi connectivity index (χ0n) is 9.91. The summed E-state index contributed by atoms with van der Waals surface area (Å²) in [5.41, 5.74) is 7.82. The van der Waals surface area contributed by atoms with Gasteiger partial charge in [-0.15, -0.1) is 0 Å². The van der Waals surface area contributed by atoms with E-state index < -0.39 is 0 Å². The number of piperidine rings is 1. The topological polar surface area (TPSA) is 29.3 Å². The number of para-hydroxylation sites is 1. The Labute approximate surface area is 102 Å². The van der Waals surface area contributed by atoms with Gasteiger partial charge < -0.3 is 10.6 Å². The molecular weight excluding hydrogens is 220 g/mol. The number of hydrogen-bond donors (Lipinski definition) is 1. The van der Waals surface area contributed by atoms with E-state index in [0.29, 0.717) is 16.6 Å². The van der Waals surface area contributed by atoms with Crippen LogP contribution in [0.2, 0.25) is 5.02 Å². The summed E-state index contributed by atoms with van der Waals surface area (Å²) >= 11 is 6.05. The van der Waals surface area contributed by atoms with E-state index in [1.54, 1.807) is 0 Å². The summed E-state index contributed by atoms with van der Waals surface area (Å²) in [6.45, 7) is 6.78. The molecule has 0 radical (unpaired) electrons. The molecule has 16 heavy (non-hydrogen) atoms. The zero-order valence-corrected chi connectivity index (χ0v) is 10.7. The number of nitrogens with zero attached hydrogens (tertiary/aromatic N) is 1. The van der Waals surface area contributed by atoms with E-state index in [2.05, 4.69) is 24.8 Å². The van der Waals surface area contributed by atoms with Gasteiger partial charge in [0, 0.05) is 13.1 Å². The molecule has 3 heteroatoms. The van der Waals surface area contributed by atoms with Crippen molar-refractivity contribution in [3.63, 3.8) is 0 Å². The van der Waals surface area contributed by atoms with E-state index in [-0.39, 0.29) is 0 Å². The number of hydrogen-bond acceptors (Lipinski definition) is 2. The van der Waals surface area contributed by atoms with Crippen LogP contribution in [-0.2, 0) is 0 Å². The van der Waals surface area contributed by atoms with Gasteiger partial charge in [-0.2, -0.15) is 0 Å². The van der Waals surface area contributed by atoms with E-state index in [0.717, 1.165) is 24.7 Å². The number of nitrogens with two attached hydrogens (primary N) is 1. The summed E-state index contributed by atoms with van der Waals surface area (Å²) in [6, 6.07) is 5.87. The molecule has 1 aliphatic heterocycles. The molecule has 1 fully saturated rings. The Morgan fingerprint density at radius 1 is 1.31 bits per heavy atom. The molecule has 0 bridgehead atoms. The first-order valence-electron chi connectivity index (χ1n) is 5.88. The van der Waals surface area contributed by atoms with Gasteiger partial charge in [0.05, 0.1) is 16.4 Å². The Kier molecular flexibility index (Phi) is 3.29. The standard InChI is InChI=1S/C13H19ClN2/c1-9-6-7-16(8-10(9)2)12-5-3-4-11(14)13(12)15/h3-5,9-10H,6-8,15H2,1-2H3. The summed E-state index contributed by atoms with van der Waals surface area (Å²) in [5.74, 6) is 1.52. The molecule has 2 atom stereocenters. The third kappa shape index (κ3) is 2.12. The van der Waals surface area contributed by atoms with Crippen molar-refractivity contribution in [3.8, 4) is 0 Å². The van der Waals surface area contributed by atoms with Crippen molar-refractivity contribution in [2.24, 2.45) is 11.8 Å². The average Bonchev–Trinajstić information content (AvgIpc) is 2.26. The molecule has 1 aliphatic rings. The molecule has 0 spiro atoms. The fourth-order valence-corrected chi connectivity index (χ4v) is 2.45. The number of anilines is 2. The van der Waals surface area contributed by atoms with Crippen LogP contribution in [0.4, 0.5) is 11.4 Å². The molecule has 88 valence electrons. The van der Waals surface area contributed by atoms with Gasteiger partial charge >= 0.3 is 0 Å². The molecule has 1 heterocycles. The highest BCUT2D eigenvalue weighted by Gasteiger charge is 2.24. The maximum atomic E-state index is 6.05. The molecule has 2 rings (SSSR count). The number of rotatable bonds is 1. The van der Waals surface area contributed by atoms with Crippen LogP contribution >= 0.6 is 11.6 Å². The van der Waals surface area contributed by atoms with Crippen molar-refractivity contribution >= 4 is 23.0 Å². The molecule has 0 aliphatic carbocycles. The Hall–Kier alpha value is -0.890. The number of halogens is 1. The van der Waals surface area contributed by atoms with Crippen molar-refractivity contribution in [3.05, 3.63) is 23.2 Å². The lowest BCUT2D eigenvalue weighted by Crippen LogP contribution is -2.38. The van der Waals surface area contributed by atoms with E-state index in [1.165, 1.54) is 6.42 Å². The lowest BCUT2D eigenvalue weighted by Gasteiger charge is -2.37. The molecule has 0 saturated carbocycles. The molecule has 1 saturated heterocycles. The van der Waals surface area contributed by atoms with Crippen LogP contribution in [0.25, 0.3) is 0 Å². The first-order valence-corrected chi connectivity index (χ1v) is 6.26. The van der Waals surface area contributed by atoms with E-state index >= 15 is 0 Å². The van der Waals surface area contributed by atoms with Crippen molar-refractivity contribution in [2.45, 2.75) is 20.3 Å². The lowest BCUT2D eigenvalue weighted by atomic mass is 9.88. The maximum Gasteiger partial charge on any atom is 0.0741 e. The Morgan fingerprint density at radius 2 is 2.06 bits per heavy atom. The van der Waals surface area contributed by atoms with Crippen LogP contribution < -0.4 is 10.6 Å². The molecule has 1 aromatic rings. The van der Waals surface area contributed by atoms with Gasteiger partial charge in [-0.1, -0.05) is 31.5 Å². The van der Waals surface area contributed by atoms with Gasteiger partial charge in [0.2, 0.25) is 0 Å². The van der Waals surface area contributed by atoms with E-state index in [4.69, 9.17) is 17.3 Å². The minimum atomic E-state index is 0.656. The molecular formula is C13H19ClN2. The Balaban J connectivity index is 2.22. The quantitative estimate of drug-likeness (QED) is 0.760. The smallest absolute Gasteiger partial charge is 0.0741 e. The number of benzene rings is 1. The van der Waals surface area contributed by atoms with Crippen LogP contribution in [-0.4, -0.2) is 13.1 Å². The van der Waals surface area contributed by atoms with Gasteiger partial charge in [-0.25, -0.2) is 0 Å². The van der Waals surface area contributed by atoms with Crippen molar-refractivity contribution < 1.29 is 0 Å². The van der Waals surface area contributed by atoms with Crippen LogP contribution in [0.1, 0.15) is 20.3 Å². The predicted molar refractivity (Wildman–Crippen MR) is 71.0 cm³/mol. The monoisotopic (exact) mass is 238 g/mol. The Morgan fingerprint density at radius 3 is 2.75 bits per heavy atom. The first kappa shape index (κ1) is 11.6. The van der Waals surface area contributed by atoms with Crippen LogP contribution in [0, 0.1) is 11.8 Å². The average molecular weight is 239 g/mol. The third-order valence-electron chi connectivity index (χ3n) is 3.70. The second kappa shape index (κ2) is 4.54. The van der Waals surface area contributed by atoms with Crippen LogP contribution in [0.3, 0.4) is 0 Å². The molecule has 2 nitrogen and oxygen atoms in total. The maximum absolute atomic E-state index is 6.05. The summed E-state index contributed by atoms with van der Waals surface area (Å²) in [5, 5.41) is 0.656. The fraction of sp³-hybridized carbons (Fsp3) is 0.538. The fourth-order valence-electron chi connectivity index (χ4n) is 2.28. The molecule has 0 amide bonds. The normalized spacial score (nSPS) is 25.8. The summed E-state index contributed by atoms with van der Waals surface area (Å²) in [7, 11) is 0. The van der Waals surface area contributed by atoms with Crippen LogP contribution in [0.5, 0.6) is 0 Å². The van der Waals surface area contributed by atoms with Crippen molar-refractivity contribution in [1.82, 2.24) is 0 Å². The molecule has 2 N–H and O–H groups in total. The summed E-state index contributed by atoms with van der Waals surface area (Å²) < 4.78 is 0. The SMILES string of the molecule is CC1CCN(c2cccc(Cl)c2N)CC1C. The summed E-state index contributed by atoms with van der Waals surface area (Å²) in [6.07, 6.45) is 1.23. The highest BCUT2D eigenvalue weighted by atomic mass is 35.5. The van der Waals surface area contributed by atoms with Gasteiger partial charge in [-0.3, -0.25) is 0 Å². The lowest BCUT2D eigenvalue weighted by molar-refractivity contribution is 0.324. The van der Waals surface area contributed by atoms with Gasteiger partial charge in [0.25, 0.3) is 0 Å². The molecule has 0 aromatic heterocycles. The predicted octanol–water partition coefficient (Wildman–Crippen LogP) is 3.40. The molecule has 2 unspecified atom stereocenters. The van der Waals surface area contributed by atoms with Gasteiger partial charge in [0.15, 0.2) is 0 Å². The first-order chi connectivity index (χ1) is 7.59.